The van der Waals surface area contributed by atoms with Crippen molar-refractivity contribution in [3.8, 4) is 5.75 Å². The Morgan fingerprint density at radius 1 is 1.24 bits per heavy atom. The van der Waals surface area contributed by atoms with E-state index in [1.165, 1.54) is 25.3 Å². The summed E-state index contributed by atoms with van der Waals surface area (Å²) in [5, 5.41) is 9.54. The van der Waals surface area contributed by atoms with Crippen molar-refractivity contribution in [3.05, 3.63) is 33.8 Å². The Bertz CT molecular complexity index is 499. The first-order valence-electron chi connectivity index (χ1n) is 7.07. The van der Waals surface area contributed by atoms with Crippen molar-refractivity contribution in [3.63, 3.8) is 0 Å². The summed E-state index contributed by atoms with van der Waals surface area (Å²) in [4.78, 5) is 10.6. The van der Waals surface area contributed by atoms with Crippen molar-refractivity contribution in [1.29, 1.82) is 0 Å². The van der Waals surface area contributed by atoms with Crippen LogP contribution in [0.2, 0.25) is 10.0 Å². The quantitative estimate of drug-likeness (QED) is 0.484. The summed E-state index contributed by atoms with van der Waals surface area (Å²) < 4.78 is 5.70. The molecule has 0 bridgehead atoms. The first-order chi connectivity index (χ1) is 10.0. The SMILES string of the molecule is CCCCCCCOc1c(Cl)cc(Cl)cc1/C=C/C(=O)O. The number of ether oxygens (including phenoxy) is 1. The van der Waals surface area contributed by atoms with Gasteiger partial charge < -0.3 is 9.84 Å². The second kappa shape index (κ2) is 9.69. The van der Waals surface area contributed by atoms with Crippen LogP contribution in [0.5, 0.6) is 5.75 Å². The van der Waals surface area contributed by atoms with Crippen molar-refractivity contribution >= 4 is 35.2 Å². The summed E-state index contributed by atoms with van der Waals surface area (Å²) in [6, 6.07) is 3.23. The molecule has 1 aromatic carbocycles. The molecule has 1 aromatic rings. The van der Waals surface area contributed by atoms with Gasteiger partial charge in [0.05, 0.1) is 11.6 Å². The number of benzene rings is 1. The predicted molar refractivity (Wildman–Crippen MR) is 87.4 cm³/mol. The summed E-state index contributed by atoms with van der Waals surface area (Å²) in [5.41, 5.74) is 0.573. The van der Waals surface area contributed by atoms with Crippen LogP contribution in [-0.2, 0) is 4.79 Å². The van der Waals surface area contributed by atoms with Gasteiger partial charge in [-0.2, -0.15) is 0 Å². The third-order valence-corrected chi connectivity index (χ3v) is 3.44. The van der Waals surface area contributed by atoms with Gasteiger partial charge in [0.25, 0.3) is 0 Å². The number of carboxylic acid groups (broad SMARTS) is 1. The van der Waals surface area contributed by atoms with E-state index in [1.807, 2.05) is 0 Å². The van der Waals surface area contributed by atoms with Crippen molar-refractivity contribution in [2.45, 2.75) is 39.0 Å². The molecule has 0 fully saturated rings. The molecule has 0 aliphatic heterocycles. The van der Waals surface area contributed by atoms with Crippen LogP contribution in [0.3, 0.4) is 0 Å². The van der Waals surface area contributed by atoms with Gasteiger partial charge in [0.1, 0.15) is 5.75 Å². The normalized spacial score (nSPS) is 11.0. The van der Waals surface area contributed by atoms with E-state index in [0.717, 1.165) is 18.9 Å². The molecule has 0 unspecified atom stereocenters. The van der Waals surface area contributed by atoms with Crippen LogP contribution in [0.15, 0.2) is 18.2 Å². The lowest BCUT2D eigenvalue weighted by molar-refractivity contribution is -0.131. The van der Waals surface area contributed by atoms with E-state index in [1.54, 1.807) is 12.1 Å². The molecule has 0 aromatic heterocycles. The Balaban J connectivity index is 2.68. The van der Waals surface area contributed by atoms with Gasteiger partial charge in [-0.15, -0.1) is 0 Å². The minimum atomic E-state index is -1.03. The minimum absolute atomic E-state index is 0.390. The van der Waals surface area contributed by atoms with Gasteiger partial charge in [0.15, 0.2) is 0 Å². The van der Waals surface area contributed by atoms with Crippen LogP contribution in [-0.4, -0.2) is 17.7 Å². The molecule has 21 heavy (non-hydrogen) atoms. The molecule has 0 saturated carbocycles. The van der Waals surface area contributed by atoms with E-state index in [0.29, 0.717) is 28.0 Å². The number of hydrogen-bond donors (Lipinski definition) is 1. The fourth-order valence-corrected chi connectivity index (χ4v) is 2.46. The molecule has 1 rings (SSSR count). The molecule has 3 nitrogen and oxygen atoms in total. The molecule has 1 N–H and O–H groups in total. The third kappa shape index (κ3) is 6.87. The fraction of sp³-hybridized carbons (Fsp3) is 0.438. The molecular weight excluding hydrogens is 311 g/mol. The zero-order chi connectivity index (χ0) is 15.7. The Morgan fingerprint density at radius 3 is 2.62 bits per heavy atom. The van der Waals surface area contributed by atoms with Gasteiger partial charge in [-0.3, -0.25) is 0 Å². The summed E-state index contributed by atoms with van der Waals surface area (Å²) >= 11 is 12.1. The maximum absolute atomic E-state index is 10.6. The summed E-state index contributed by atoms with van der Waals surface area (Å²) in [6.45, 7) is 2.73. The number of halogens is 2. The number of carbonyl (C=O) groups is 1. The first-order valence-corrected chi connectivity index (χ1v) is 7.83. The van der Waals surface area contributed by atoms with E-state index >= 15 is 0 Å². The summed E-state index contributed by atoms with van der Waals surface area (Å²) in [6.07, 6.45) is 8.16. The third-order valence-electron chi connectivity index (χ3n) is 2.94. The highest BCUT2D eigenvalue weighted by molar-refractivity contribution is 6.35. The van der Waals surface area contributed by atoms with Gasteiger partial charge in [-0.25, -0.2) is 4.79 Å². The average molecular weight is 331 g/mol. The van der Waals surface area contributed by atoms with Gasteiger partial charge in [-0.05, 0) is 24.6 Å². The van der Waals surface area contributed by atoms with E-state index in [9.17, 15) is 4.79 Å². The number of carboxylic acids is 1. The minimum Gasteiger partial charge on any atom is -0.491 e. The Morgan fingerprint density at radius 2 is 1.95 bits per heavy atom. The van der Waals surface area contributed by atoms with Gasteiger partial charge in [0.2, 0.25) is 0 Å². The molecule has 5 heteroatoms. The second-order valence-corrected chi connectivity index (χ2v) is 5.58. The Labute approximate surface area is 135 Å². The Kier molecular flexibility index (Phi) is 8.24. The van der Waals surface area contributed by atoms with E-state index < -0.39 is 5.97 Å². The molecule has 0 heterocycles. The molecule has 0 amide bonds. The highest BCUT2D eigenvalue weighted by Crippen LogP contribution is 2.33. The molecule has 0 saturated heterocycles. The molecule has 116 valence electrons. The lowest BCUT2D eigenvalue weighted by Gasteiger charge is -2.11. The molecule has 0 radical (unpaired) electrons. The van der Waals surface area contributed by atoms with Gasteiger partial charge in [0, 0.05) is 16.7 Å². The average Bonchev–Trinajstić information content (AvgIpc) is 2.42. The lowest BCUT2D eigenvalue weighted by atomic mass is 10.1. The molecule has 0 aliphatic rings. The van der Waals surface area contributed by atoms with Crippen LogP contribution < -0.4 is 4.74 Å². The largest absolute Gasteiger partial charge is 0.491 e. The standard InChI is InChI=1S/C16H20Cl2O3/c1-2-3-4-5-6-9-21-16-12(7-8-15(19)20)10-13(17)11-14(16)18/h7-8,10-11H,2-6,9H2,1H3,(H,19,20)/b8-7+. The van der Waals surface area contributed by atoms with Crippen molar-refractivity contribution in [1.82, 2.24) is 0 Å². The lowest BCUT2D eigenvalue weighted by Crippen LogP contribution is -2.00. The van der Waals surface area contributed by atoms with Crippen molar-refractivity contribution in [2.24, 2.45) is 0 Å². The Hall–Kier alpha value is -1.19. The van der Waals surface area contributed by atoms with Crippen LogP contribution >= 0.6 is 23.2 Å². The summed E-state index contributed by atoms with van der Waals surface area (Å²) in [5.74, 6) is -0.550. The molecule has 0 aliphatic carbocycles. The van der Waals surface area contributed by atoms with E-state index in [2.05, 4.69) is 6.92 Å². The van der Waals surface area contributed by atoms with E-state index in [-0.39, 0.29) is 0 Å². The number of hydrogen-bond acceptors (Lipinski definition) is 2. The van der Waals surface area contributed by atoms with Crippen LogP contribution in [0.4, 0.5) is 0 Å². The maximum Gasteiger partial charge on any atom is 0.328 e. The highest BCUT2D eigenvalue weighted by atomic mass is 35.5. The maximum atomic E-state index is 10.6. The molecular formula is C16H20Cl2O3. The molecule has 0 spiro atoms. The zero-order valence-corrected chi connectivity index (χ0v) is 13.6. The van der Waals surface area contributed by atoms with Crippen LogP contribution in [0.25, 0.3) is 6.08 Å². The van der Waals surface area contributed by atoms with Crippen molar-refractivity contribution < 1.29 is 14.6 Å². The number of aliphatic carboxylic acids is 1. The topological polar surface area (TPSA) is 46.5 Å². The van der Waals surface area contributed by atoms with Crippen LogP contribution in [0.1, 0.15) is 44.6 Å². The first kappa shape index (κ1) is 17.9. The van der Waals surface area contributed by atoms with Gasteiger partial charge >= 0.3 is 5.97 Å². The van der Waals surface area contributed by atoms with Gasteiger partial charge in [-0.1, -0.05) is 55.8 Å². The zero-order valence-electron chi connectivity index (χ0n) is 12.1. The van der Waals surface area contributed by atoms with Crippen molar-refractivity contribution in [2.75, 3.05) is 6.61 Å². The fourth-order valence-electron chi connectivity index (χ4n) is 1.90. The highest BCUT2D eigenvalue weighted by Gasteiger charge is 2.09. The monoisotopic (exact) mass is 330 g/mol. The summed E-state index contributed by atoms with van der Waals surface area (Å²) in [7, 11) is 0. The second-order valence-electron chi connectivity index (χ2n) is 4.74. The smallest absolute Gasteiger partial charge is 0.328 e. The van der Waals surface area contributed by atoms with Crippen LogP contribution in [0, 0.1) is 0 Å². The number of rotatable bonds is 9. The molecule has 0 atom stereocenters. The predicted octanol–water partition coefficient (Wildman–Crippen LogP) is 5.44. The number of unbranched alkanes of at least 4 members (excludes halogenated alkanes) is 4. The van der Waals surface area contributed by atoms with E-state index in [4.69, 9.17) is 33.0 Å².